The van der Waals surface area contributed by atoms with Gasteiger partial charge in [-0.2, -0.15) is 0 Å². The van der Waals surface area contributed by atoms with Crippen molar-refractivity contribution in [3.63, 3.8) is 0 Å². The number of ether oxygens (including phenoxy) is 4. The fourth-order valence-electron chi connectivity index (χ4n) is 1.39. The van der Waals surface area contributed by atoms with E-state index in [9.17, 15) is 4.79 Å². The minimum atomic E-state index is -0.108. The third kappa shape index (κ3) is 17.3. The van der Waals surface area contributed by atoms with Crippen LogP contribution in [0.3, 0.4) is 0 Å². The van der Waals surface area contributed by atoms with Crippen molar-refractivity contribution in [3.8, 4) is 0 Å². The van der Waals surface area contributed by atoms with Crippen LogP contribution >= 0.6 is 0 Å². The highest BCUT2D eigenvalue weighted by molar-refractivity contribution is 5.77. The molecule has 0 atom stereocenters. The Hall–Kier alpha value is -0.690. The molecule has 6 nitrogen and oxygen atoms in total. The summed E-state index contributed by atoms with van der Waals surface area (Å²) in [5.74, 6) is 0.331. The molecule has 0 radical (unpaired) electrons. The van der Waals surface area contributed by atoms with E-state index in [0.717, 1.165) is 13.0 Å². The maximum Gasteiger partial charge on any atom is 0.246 e. The maximum absolute atomic E-state index is 11.4. The van der Waals surface area contributed by atoms with E-state index in [1.165, 1.54) is 0 Å². The first-order valence-electron chi connectivity index (χ1n) is 7.74. The summed E-state index contributed by atoms with van der Waals surface area (Å²) in [5.41, 5.74) is 0. The Bertz CT molecular complexity index is 236. The van der Waals surface area contributed by atoms with Gasteiger partial charge in [-0.1, -0.05) is 20.8 Å². The number of hydrogen-bond donors (Lipinski definition) is 1. The van der Waals surface area contributed by atoms with Crippen LogP contribution in [-0.4, -0.2) is 65.3 Å². The molecule has 1 N–H and O–H groups in total. The molecule has 0 fully saturated rings. The molecule has 0 saturated carbocycles. The van der Waals surface area contributed by atoms with Crippen LogP contribution in [0.4, 0.5) is 0 Å². The monoisotopic (exact) mass is 305 g/mol. The molecule has 21 heavy (non-hydrogen) atoms. The van der Waals surface area contributed by atoms with E-state index in [2.05, 4.69) is 12.2 Å². The largest absolute Gasteiger partial charge is 0.379 e. The summed E-state index contributed by atoms with van der Waals surface area (Å²) >= 11 is 0. The summed E-state index contributed by atoms with van der Waals surface area (Å²) in [4.78, 5) is 11.4. The topological polar surface area (TPSA) is 66.0 Å². The summed E-state index contributed by atoms with van der Waals surface area (Å²) in [6.45, 7) is 10.9. The van der Waals surface area contributed by atoms with Gasteiger partial charge >= 0.3 is 0 Å². The Morgan fingerprint density at radius 1 is 0.905 bits per heavy atom. The molecule has 0 aliphatic heterocycles. The van der Waals surface area contributed by atoms with E-state index < -0.39 is 0 Å². The minimum absolute atomic E-state index is 0.108. The molecule has 0 heterocycles. The average molecular weight is 305 g/mol. The van der Waals surface area contributed by atoms with Gasteiger partial charge in [0.2, 0.25) is 5.91 Å². The van der Waals surface area contributed by atoms with E-state index in [1.807, 2.05) is 13.8 Å². The first-order valence-corrected chi connectivity index (χ1v) is 7.74. The van der Waals surface area contributed by atoms with Gasteiger partial charge in [0.25, 0.3) is 0 Å². The zero-order valence-corrected chi connectivity index (χ0v) is 13.7. The Labute approximate surface area is 128 Å². The molecule has 126 valence electrons. The van der Waals surface area contributed by atoms with Gasteiger partial charge in [0.1, 0.15) is 6.61 Å². The lowest BCUT2D eigenvalue weighted by Crippen LogP contribution is -2.31. The van der Waals surface area contributed by atoms with Gasteiger partial charge < -0.3 is 24.3 Å². The van der Waals surface area contributed by atoms with Gasteiger partial charge in [-0.15, -0.1) is 0 Å². The number of carbonyl (C=O) groups excluding carboxylic acids is 1. The number of hydrogen-bond acceptors (Lipinski definition) is 5. The summed E-state index contributed by atoms with van der Waals surface area (Å²) < 4.78 is 21.2. The molecular formula is C15H31NO5. The third-order valence-corrected chi connectivity index (χ3v) is 2.35. The van der Waals surface area contributed by atoms with Crippen molar-refractivity contribution in [3.05, 3.63) is 0 Å². The van der Waals surface area contributed by atoms with Gasteiger partial charge in [0.05, 0.1) is 33.0 Å². The molecule has 0 rings (SSSR count). The second-order valence-corrected chi connectivity index (χ2v) is 5.10. The van der Waals surface area contributed by atoms with Crippen LogP contribution in [-0.2, 0) is 23.7 Å². The smallest absolute Gasteiger partial charge is 0.246 e. The number of amides is 1. The van der Waals surface area contributed by atoms with Gasteiger partial charge in [-0.25, -0.2) is 0 Å². The highest BCUT2D eigenvalue weighted by Crippen LogP contribution is 1.91. The lowest BCUT2D eigenvalue weighted by molar-refractivity contribution is -0.126. The standard InChI is InChI=1S/C15H31NO5/c1-4-6-18-8-10-20-11-9-19-7-5-16-15(17)13-21-12-14(2)3/h14H,4-13H2,1-3H3,(H,16,17). The first kappa shape index (κ1) is 20.3. The van der Waals surface area contributed by atoms with Crippen molar-refractivity contribution in [2.45, 2.75) is 27.2 Å². The number of rotatable bonds is 15. The van der Waals surface area contributed by atoms with Crippen molar-refractivity contribution in [2.24, 2.45) is 5.92 Å². The molecular weight excluding hydrogens is 274 g/mol. The number of nitrogens with one attached hydrogen (secondary N) is 1. The third-order valence-electron chi connectivity index (χ3n) is 2.35. The zero-order chi connectivity index (χ0) is 15.8. The summed E-state index contributed by atoms with van der Waals surface area (Å²) in [5, 5.41) is 2.73. The van der Waals surface area contributed by atoms with E-state index >= 15 is 0 Å². The average Bonchev–Trinajstić information content (AvgIpc) is 2.44. The molecule has 0 aromatic carbocycles. The van der Waals surface area contributed by atoms with Gasteiger partial charge in [0.15, 0.2) is 0 Å². The van der Waals surface area contributed by atoms with Crippen LogP contribution in [0.15, 0.2) is 0 Å². The fourth-order valence-corrected chi connectivity index (χ4v) is 1.39. The van der Waals surface area contributed by atoms with Crippen LogP contribution in [0.1, 0.15) is 27.2 Å². The van der Waals surface area contributed by atoms with E-state index in [4.69, 9.17) is 18.9 Å². The predicted molar refractivity (Wildman–Crippen MR) is 81.4 cm³/mol. The zero-order valence-electron chi connectivity index (χ0n) is 13.7. The Kier molecular flexibility index (Phi) is 15.2. The summed E-state index contributed by atoms with van der Waals surface area (Å²) in [6.07, 6.45) is 1.03. The SMILES string of the molecule is CCCOCCOCCOCCNC(=O)COCC(C)C. The molecule has 6 heteroatoms. The van der Waals surface area contributed by atoms with Crippen molar-refractivity contribution in [1.29, 1.82) is 0 Å². The highest BCUT2D eigenvalue weighted by Gasteiger charge is 2.01. The van der Waals surface area contributed by atoms with Crippen LogP contribution in [0.25, 0.3) is 0 Å². The van der Waals surface area contributed by atoms with E-state index in [1.54, 1.807) is 0 Å². The normalized spacial score (nSPS) is 11.0. The van der Waals surface area contributed by atoms with Gasteiger partial charge in [0, 0.05) is 19.8 Å². The molecule has 0 saturated heterocycles. The second kappa shape index (κ2) is 15.7. The summed E-state index contributed by atoms with van der Waals surface area (Å²) in [6, 6.07) is 0. The molecule has 0 aromatic heterocycles. The Morgan fingerprint density at radius 2 is 1.48 bits per heavy atom. The van der Waals surface area contributed by atoms with Gasteiger partial charge in [-0.05, 0) is 12.3 Å². The molecule has 0 aromatic rings. The van der Waals surface area contributed by atoms with Crippen molar-refractivity contribution in [1.82, 2.24) is 5.32 Å². The molecule has 1 amide bonds. The van der Waals surface area contributed by atoms with Crippen LogP contribution in [0.2, 0.25) is 0 Å². The molecule has 0 spiro atoms. The molecule has 0 unspecified atom stereocenters. The van der Waals surface area contributed by atoms with E-state index in [-0.39, 0.29) is 12.5 Å². The molecule has 0 bridgehead atoms. The predicted octanol–water partition coefficient (Wildman–Crippen LogP) is 1.24. The fraction of sp³-hybridized carbons (Fsp3) is 0.933. The Balaban J connectivity index is 3.12. The van der Waals surface area contributed by atoms with Crippen LogP contribution < -0.4 is 5.32 Å². The molecule has 0 aliphatic carbocycles. The van der Waals surface area contributed by atoms with Crippen molar-refractivity contribution >= 4 is 5.91 Å². The minimum Gasteiger partial charge on any atom is -0.379 e. The van der Waals surface area contributed by atoms with E-state index in [0.29, 0.717) is 52.1 Å². The quantitative estimate of drug-likeness (QED) is 0.461. The van der Waals surface area contributed by atoms with Crippen LogP contribution in [0.5, 0.6) is 0 Å². The van der Waals surface area contributed by atoms with Crippen molar-refractivity contribution in [2.75, 3.05) is 59.4 Å². The first-order chi connectivity index (χ1) is 10.2. The maximum atomic E-state index is 11.4. The van der Waals surface area contributed by atoms with Gasteiger partial charge in [-0.3, -0.25) is 4.79 Å². The lowest BCUT2D eigenvalue weighted by atomic mass is 10.2. The summed E-state index contributed by atoms with van der Waals surface area (Å²) in [7, 11) is 0. The highest BCUT2D eigenvalue weighted by atomic mass is 16.5. The Morgan fingerprint density at radius 3 is 2.05 bits per heavy atom. The number of carbonyl (C=O) groups is 1. The van der Waals surface area contributed by atoms with Crippen LogP contribution in [0, 0.1) is 5.92 Å². The lowest BCUT2D eigenvalue weighted by Gasteiger charge is -2.09. The second-order valence-electron chi connectivity index (χ2n) is 5.10. The molecule has 0 aliphatic rings. The van der Waals surface area contributed by atoms with Crippen molar-refractivity contribution < 1.29 is 23.7 Å².